The number of carbonyl (C=O) groups is 1. The van der Waals surface area contributed by atoms with Gasteiger partial charge >= 0.3 is 0 Å². The fourth-order valence-electron chi connectivity index (χ4n) is 3.34. The summed E-state index contributed by atoms with van der Waals surface area (Å²) in [5.41, 5.74) is 1.76. The molecule has 0 saturated carbocycles. The van der Waals surface area contributed by atoms with E-state index in [4.69, 9.17) is 14.2 Å². The molecule has 0 atom stereocenters. The van der Waals surface area contributed by atoms with E-state index in [1.165, 1.54) is 0 Å². The Hall–Kier alpha value is -4.14. The molecule has 0 radical (unpaired) electrons. The molecule has 0 aliphatic rings. The first kappa shape index (κ1) is 21.1. The standard InChI is InChI=1S/C23H23N5O4/c1-5-17(29)16-7-6-8-20(26-16)28-10-9-14-13-24-23(27-22(14)28)25-15-11-18(30-2)21(32-4)19(12-15)31-3/h6-13H,5H2,1-4H3,(H,24,25,27). The van der Waals surface area contributed by atoms with Gasteiger partial charge < -0.3 is 19.5 Å². The average Bonchev–Trinajstić information content (AvgIpc) is 3.26. The van der Waals surface area contributed by atoms with Gasteiger partial charge in [0, 0.05) is 42.0 Å². The summed E-state index contributed by atoms with van der Waals surface area (Å²) < 4.78 is 18.0. The van der Waals surface area contributed by atoms with Crippen LogP contribution < -0.4 is 19.5 Å². The maximum Gasteiger partial charge on any atom is 0.229 e. The van der Waals surface area contributed by atoms with Gasteiger partial charge in [-0.25, -0.2) is 9.97 Å². The molecule has 164 valence electrons. The Morgan fingerprint density at radius 1 is 1.03 bits per heavy atom. The molecule has 0 aliphatic carbocycles. The molecular weight excluding hydrogens is 410 g/mol. The van der Waals surface area contributed by atoms with E-state index < -0.39 is 0 Å². The van der Waals surface area contributed by atoms with Crippen LogP contribution in [0.2, 0.25) is 0 Å². The number of ether oxygens (including phenoxy) is 3. The van der Waals surface area contributed by atoms with Crippen LogP contribution in [-0.4, -0.2) is 46.6 Å². The number of Topliss-reactive ketones (excluding diaryl/α,β-unsaturated/α-hetero) is 1. The maximum atomic E-state index is 12.1. The van der Waals surface area contributed by atoms with Crippen molar-refractivity contribution in [2.75, 3.05) is 26.6 Å². The van der Waals surface area contributed by atoms with Gasteiger partial charge in [0.15, 0.2) is 22.9 Å². The summed E-state index contributed by atoms with van der Waals surface area (Å²) in [7, 11) is 4.66. The number of hydrogen-bond acceptors (Lipinski definition) is 8. The number of carbonyl (C=O) groups excluding carboxylic acids is 1. The zero-order valence-corrected chi connectivity index (χ0v) is 18.2. The lowest BCUT2D eigenvalue weighted by atomic mass is 10.2. The zero-order valence-electron chi connectivity index (χ0n) is 18.2. The number of ketones is 1. The van der Waals surface area contributed by atoms with E-state index in [2.05, 4.69) is 20.3 Å². The number of rotatable bonds is 8. The van der Waals surface area contributed by atoms with Crippen molar-refractivity contribution < 1.29 is 19.0 Å². The lowest BCUT2D eigenvalue weighted by Crippen LogP contribution is -2.05. The quantitative estimate of drug-likeness (QED) is 0.413. The van der Waals surface area contributed by atoms with Crippen LogP contribution in [0.1, 0.15) is 23.8 Å². The van der Waals surface area contributed by atoms with Crippen LogP contribution in [0.5, 0.6) is 17.2 Å². The number of nitrogens with zero attached hydrogens (tertiary/aromatic N) is 4. The second kappa shape index (κ2) is 8.93. The highest BCUT2D eigenvalue weighted by Gasteiger charge is 2.15. The van der Waals surface area contributed by atoms with Crippen LogP contribution in [-0.2, 0) is 0 Å². The van der Waals surface area contributed by atoms with E-state index >= 15 is 0 Å². The molecule has 4 aromatic rings. The third-order valence-electron chi connectivity index (χ3n) is 4.94. The van der Waals surface area contributed by atoms with E-state index in [9.17, 15) is 4.79 Å². The molecule has 3 aromatic heterocycles. The molecule has 3 heterocycles. The number of benzene rings is 1. The Bertz CT molecular complexity index is 1260. The predicted molar refractivity (Wildman–Crippen MR) is 121 cm³/mol. The Balaban J connectivity index is 1.72. The first-order valence-corrected chi connectivity index (χ1v) is 9.99. The maximum absolute atomic E-state index is 12.1. The smallest absolute Gasteiger partial charge is 0.229 e. The molecule has 32 heavy (non-hydrogen) atoms. The van der Waals surface area contributed by atoms with Crippen molar-refractivity contribution in [1.29, 1.82) is 0 Å². The molecule has 0 saturated heterocycles. The van der Waals surface area contributed by atoms with Crippen molar-refractivity contribution in [2.45, 2.75) is 13.3 Å². The van der Waals surface area contributed by atoms with Gasteiger partial charge in [0.2, 0.25) is 11.7 Å². The largest absolute Gasteiger partial charge is 0.493 e. The fraction of sp³-hybridized carbons (Fsp3) is 0.217. The number of hydrogen-bond donors (Lipinski definition) is 1. The number of fused-ring (bicyclic) bond motifs is 1. The third-order valence-corrected chi connectivity index (χ3v) is 4.94. The number of anilines is 2. The molecule has 0 aliphatic heterocycles. The van der Waals surface area contributed by atoms with Gasteiger partial charge in [-0.3, -0.25) is 9.36 Å². The average molecular weight is 433 g/mol. The van der Waals surface area contributed by atoms with Crippen LogP contribution in [0, 0.1) is 0 Å². The van der Waals surface area contributed by atoms with Crippen molar-refractivity contribution >= 4 is 28.5 Å². The highest BCUT2D eigenvalue weighted by atomic mass is 16.5. The molecule has 0 amide bonds. The number of pyridine rings is 1. The fourth-order valence-corrected chi connectivity index (χ4v) is 3.34. The van der Waals surface area contributed by atoms with Crippen LogP contribution in [0.3, 0.4) is 0 Å². The predicted octanol–water partition coefficient (Wildman–Crippen LogP) is 4.18. The Labute approximate surface area is 185 Å². The monoisotopic (exact) mass is 433 g/mol. The molecule has 0 fully saturated rings. The summed E-state index contributed by atoms with van der Waals surface area (Å²) >= 11 is 0. The second-order valence-corrected chi connectivity index (χ2v) is 6.86. The van der Waals surface area contributed by atoms with Gasteiger partial charge in [0.1, 0.15) is 11.5 Å². The van der Waals surface area contributed by atoms with E-state index in [0.29, 0.717) is 52.5 Å². The van der Waals surface area contributed by atoms with Crippen molar-refractivity contribution in [3.05, 3.63) is 54.5 Å². The van der Waals surface area contributed by atoms with E-state index in [-0.39, 0.29) is 5.78 Å². The lowest BCUT2D eigenvalue weighted by molar-refractivity contribution is 0.0983. The summed E-state index contributed by atoms with van der Waals surface area (Å²) in [5.74, 6) is 2.51. The molecule has 0 unspecified atom stereocenters. The molecule has 9 nitrogen and oxygen atoms in total. The summed E-state index contributed by atoms with van der Waals surface area (Å²) in [5, 5.41) is 4.02. The third kappa shape index (κ3) is 3.92. The molecule has 0 spiro atoms. The molecular formula is C23H23N5O4. The number of methoxy groups -OCH3 is 3. The van der Waals surface area contributed by atoms with Crippen molar-refractivity contribution in [2.24, 2.45) is 0 Å². The van der Waals surface area contributed by atoms with Crippen molar-refractivity contribution in [3.8, 4) is 23.1 Å². The first-order chi connectivity index (χ1) is 15.6. The Kier molecular flexibility index (Phi) is 5.89. The molecule has 9 heteroatoms. The normalized spacial score (nSPS) is 10.8. The van der Waals surface area contributed by atoms with Gasteiger partial charge in [-0.15, -0.1) is 0 Å². The minimum Gasteiger partial charge on any atom is -0.493 e. The summed E-state index contributed by atoms with van der Waals surface area (Å²) in [4.78, 5) is 25.6. The summed E-state index contributed by atoms with van der Waals surface area (Å²) in [6.45, 7) is 1.82. The molecule has 1 N–H and O–H groups in total. The Morgan fingerprint density at radius 3 is 2.44 bits per heavy atom. The minimum atomic E-state index is -0.0114. The van der Waals surface area contributed by atoms with E-state index in [0.717, 1.165) is 5.39 Å². The van der Waals surface area contributed by atoms with E-state index in [1.54, 1.807) is 45.7 Å². The summed E-state index contributed by atoms with van der Waals surface area (Å²) in [6.07, 6.45) is 3.97. The van der Waals surface area contributed by atoms with Gasteiger partial charge in [0.25, 0.3) is 0 Å². The van der Waals surface area contributed by atoms with Crippen molar-refractivity contribution in [3.63, 3.8) is 0 Å². The van der Waals surface area contributed by atoms with Gasteiger partial charge in [-0.2, -0.15) is 4.98 Å². The number of nitrogens with one attached hydrogen (secondary N) is 1. The van der Waals surface area contributed by atoms with Gasteiger partial charge in [-0.1, -0.05) is 13.0 Å². The summed E-state index contributed by atoms with van der Waals surface area (Å²) in [6, 6.07) is 10.8. The van der Waals surface area contributed by atoms with Gasteiger partial charge in [-0.05, 0) is 18.2 Å². The van der Waals surface area contributed by atoms with Crippen molar-refractivity contribution in [1.82, 2.24) is 19.5 Å². The SMILES string of the molecule is CCC(=O)c1cccc(-n2ccc3cnc(Nc4cc(OC)c(OC)c(OC)c4)nc32)n1. The zero-order chi connectivity index (χ0) is 22.7. The highest BCUT2D eigenvalue weighted by Crippen LogP contribution is 2.40. The van der Waals surface area contributed by atoms with Crippen LogP contribution >= 0.6 is 0 Å². The second-order valence-electron chi connectivity index (χ2n) is 6.86. The van der Waals surface area contributed by atoms with Gasteiger partial charge in [0.05, 0.1) is 21.3 Å². The van der Waals surface area contributed by atoms with Crippen LogP contribution in [0.15, 0.2) is 48.8 Å². The lowest BCUT2D eigenvalue weighted by Gasteiger charge is -2.14. The molecule has 1 aromatic carbocycles. The molecule has 4 rings (SSSR count). The first-order valence-electron chi connectivity index (χ1n) is 9.99. The topological polar surface area (TPSA) is 100 Å². The Morgan fingerprint density at radius 2 is 1.78 bits per heavy atom. The minimum absolute atomic E-state index is 0.0114. The number of aromatic nitrogens is 4. The highest BCUT2D eigenvalue weighted by molar-refractivity contribution is 5.94. The van der Waals surface area contributed by atoms with Crippen LogP contribution in [0.25, 0.3) is 16.9 Å². The van der Waals surface area contributed by atoms with E-state index in [1.807, 2.05) is 35.9 Å². The van der Waals surface area contributed by atoms with Crippen LogP contribution in [0.4, 0.5) is 11.6 Å². The molecule has 0 bridgehead atoms.